The van der Waals surface area contributed by atoms with Gasteiger partial charge in [-0.2, -0.15) is 0 Å². The highest BCUT2D eigenvalue weighted by atomic mass is 16.5. The Labute approximate surface area is 213 Å². The summed E-state index contributed by atoms with van der Waals surface area (Å²) >= 11 is 0. The van der Waals surface area contributed by atoms with E-state index in [2.05, 4.69) is 20.8 Å². The maximum atomic E-state index is 12.5. The number of rotatable bonds is 19. The van der Waals surface area contributed by atoms with Gasteiger partial charge in [-0.3, -0.25) is 0 Å². The molecule has 0 spiro atoms. The largest absolute Gasteiger partial charge is 0.494 e. The molecule has 2 aromatic rings. The van der Waals surface area contributed by atoms with Crippen molar-refractivity contribution in [2.75, 3.05) is 19.8 Å². The summed E-state index contributed by atoms with van der Waals surface area (Å²) < 4.78 is 17.1. The number of carbonyl (C=O) groups excluding carboxylic acids is 1. The van der Waals surface area contributed by atoms with Crippen LogP contribution in [0, 0.1) is 5.92 Å². The van der Waals surface area contributed by atoms with Gasteiger partial charge in [-0.15, -0.1) is 0 Å². The van der Waals surface area contributed by atoms with Crippen LogP contribution in [0.2, 0.25) is 0 Å². The molecule has 1 atom stereocenters. The van der Waals surface area contributed by atoms with E-state index in [1.807, 2.05) is 36.4 Å². The lowest BCUT2D eigenvalue weighted by atomic mass is 10.1. The Morgan fingerprint density at radius 1 is 0.743 bits per heavy atom. The lowest BCUT2D eigenvalue weighted by Gasteiger charge is -2.10. The van der Waals surface area contributed by atoms with Crippen LogP contribution in [-0.2, 0) is 11.2 Å². The van der Waals surface area contributed by atoms with Crippen LogP contribution in [0.25, 0.3) is 0 Å². The molecule has 4 nitrogen and oxygen atoms in total. The summed E-state index contributed by atoms with van der Waals surface area (Å²) in [4.78, 5) is 12.5. The fourth-order valence-corrected chi connectivity index (χ4v) is 3.78. The average molecular weight is 483 g/mol. The highest BCUT2D eigenvalue weighted by Gasteiger charge is 2.09. The second-order valence-corrected chi connectivity index (χ2v) is 9.57. The number of hydrogen-bond donors (Lipinski definition) is 0. The van der Waals surface area contributed by atoms with Crippen molar-refractivity contribution in [3.63, 3.8) is 0 Å². The van der Waals surface area contributed by atoms with Crippen molar-refractivity contribution >= 4 is 5.97 Å². The third-order valence-electron chi connectivity index (χ3n) is 6.34. The second-order valence-electron chi connectivity index (χ2n) is 9.57. The predicted octanol–water partition coefficient (Wildman–Crippen LogP) is 8.42. The molecule has 0 fully saturated rings. The molecule has 0 aliphatic carbocycles. The van der Waals surface area contributed by atoms with Crippen molar-refractivity contribution in [3.8, 4) is 11.5 Å². The van der Waals surface area contributed by atoms with Gasteiger partial charge in [0.15, 0.2) is 0 Å². The highest BCUT2D eigenvalue weighted by Crippen LogP contribution is 2.18. The monoisotopic (exact) mass is 482 g/mol. The fraction of sp³-hybridized carbons (Fsp3) is 0.581. The quantitative estimate of drug-likeness (QED) is 0.114. The molecule has 0 saturated heterocycles. The maximum absolute atomic E-state index is 12.5. The van der Waals surface area contributed by atoms with E-state index < -0.39 is 0 Å². The fourth-order valence-electron chi connectivity index (χ4n) is 3.78. The third-order valence-corrected chi connectivity index (χ3v) is 6.34. The summed E-state index contributed by atoms with van der Waals surface area (Å²) in [5.41, 5.74) is 1.74. The van der Waals surface area contributed by atoms with E-state index in [1.165, 1.54) is 50.5 Å². The van der Waals surface area contributed by atoms with Crippen molar-refractivity contribution in [3.05, 3.63) is 59.7 Å². The SMILES string of the molecule is CCCCCCCCCCOc1ccc(C(=O)Oc2ccc(CCCOCC(C)CC)cc2)cc1. The zero-order valence-electron chi connectivity index (χ0n) is 22.2. The zero-order chi connectivity index (χ0) is 25.1. The number of unbranched alkanes of at least 4 members (excludes halogenated alkanes) is 7. The van der Waals surface area contributed by atoms with Crippen molar-refractivity contribution < 1.29 is 19.0 Å². The van der Waals surface area contributed by atoms with Gasteiger partial charge in [0.2, 0.25) is 0 Å². The van der Waals surface area contributed by atoms with E-state index in [-0.39, 0.29) is 5.97 Å². The van der Waals surface area contributed by atoms with E-state index in [4.69, 9.17) is 14.2 Å². The summed E-state index contributed by atoms with van der Waals surface area (Å²) in [5.74, 6) is 1.61. The molecule has 0 amide bonds. The molecule has 35 heavy (non-hydrogen) atoms. The molecule has 4 heteroatoms. The van der Waals surface area contributed by atoms with Crippen LogP contribution in [-0.4, -0.2) is 25.8 Å². The molecule has 0 saturated carbocycles. The number of hydrogen-bond acceptors (Lipinski definition) is 4. The van der Waals surface area contributed by atoms with E-state index in [0.29, 0.717) is 17.2 Å². The van der Waals surface area contributed by atoms with Gasteiger partial charge in [0, 0.05) is 13.2 Å². The molecule has 1 unspecified atom stereocenters. The standard InChI is InChI=1S/C31H46O4/c1-4-6-7-8-9-10-11-12-24-34-29-21-17-28(18-22-29)31(32)35-30-19-15-27(16-20-30)14-13-23-33-25-26(3)5-2/h15-22,26H,4-14,23-25H2,1-3H3. The summed E-state index contributed by atoms with van der Waals surface area (Å²) in [6.45, 7) is 8.97. The van der Waals surface area contributed by atoms with Crippen LogP contribution in [0.1, 0.15) is 101 Å². The minimum Gasteiger partial charge on any atom is -0.494 e. The lowest BCUT2D eigenvalue weighted by molar-refractivity contribution is 0.0734. The van der Waals surface area contributed by atoms with Crippen LogP contribution < -0.4 is 9.47 Å². The number of ether oxygens (including phenoxy) is 3. The molecule has 0 aliphatic rings. The van der Waals surface area contributed by atoms with Crippen LogP contribution in [0.3, 0.4) is 0 Å². The van der Waals surface area contributed by atoms with Crippen molar-refractivity contribution in [1.29, 1.82) is 0 Å². The molecule has 0 bridgehead atoms. The van der Waals surface area contributed by atoms with Gasteiger partial charge in [0.1, 0.15) is 11.5 Å². The molecule has 0 N–H and O–H groups in total. The Kier molecular flexibility index (Phi) is 14.9. The van der Waals surface area contributed by atoms with Crippen molar-refractivity contribution in [1.82, 2.24) is 0 Å². The van der Waals surface area contributed by atoms with Crippen LogP contribution >= 0.6 is 0 Å². The van der Waals surface area contributed by atoms with Crippen molar-refractivity contribution in [2.45, 2.75) is 91.4 Å². The first kappa shape index (κ1) is 28.9. The molecule has 0 heterocycles. The Balaban J connectivity index is 1.63. The van der Waals surface area contributed by atoms with Gasteiger partial charge >= 0.3 is 5.97 Å². The Morgan fingerprint density at radius 3 is 2.03 bits per heavy atom. The normalized spacial score (nSPS) is 11.9. The smallest absolute Gasteiger partial charge is 0.343 e. The topological polar surface area (TPSA) is 44.8 Å². The average Bonchev–Trinajstić information content (AvgIpc) is 2.88. The number of aryl methyl sites for hydroxylation is 1. The first-order valence-electron chi connectivity index (χ1n) is 13.7. The summed E-state index contributed by atoms with van der Waals surface area (Å²) in [6.07, 6.45) is 13.3. The van der Waals surface area contributed by atoms with E-state index >= 15 is 0 Å². The number of carbonyl (C=O) groups is 1. The van der Waals surface area contributed by atoms with Gasteiger partial charge in [-0.25, -0.2) is 4.79 Å². The van der Waals surface area contributed by atoms with E-state index in [0.717, 1.165) is 51.3 Å². The summed E-state index contributed by atoms with van der Waals surface area (Å²) in [5, 5.41) is 0. The van der Waals surface area contributed by atoms with Crippen LogP contribution in [0.4, 0.5) is 0 Å². The van der Waals surface area contributed by atoms with Crippen molar-refractivity contribution in [2.24, 2.45) is 5.92 Å². The van der Waals surface area contributed by atoms with Gasteiger partial charge < -0.3 is 14.2 Å². The Morgan fingerprint density at radius 2 is 1.37 bits per heavy atom. The second kappa shape index (κ2) is 18.0. The Bertz CT molecular complexity index is 798. The summed E-state index contributed by atoms with van der Waals surface area (Å²) in [7, 11) is 0. The number of benzene rings is 2. The zero-order valence-corrected chi connectivity index (χ0v) is 22.2. The molecule has 194 valence electrons. The minimum absolute atomic E-state index is 0.356. The van der Waals surface area contributed by atoms with Gasteiger partial charge in [-0.05, 0) is 67.1 Å². The molecular formula is C31H46O4. The maximum Gasteiger partial charge on any atom is 0.343 e. The van der Waals surface area contributed by atoms with Gasteiger partial charge in [0.25, 0.3) is 0 Å². The van der Waals surface area contributed by atoms with Crippen LogP contribution in [0.5, 0.6) is 11.5 Å². The first-order chi connectivity index (χ1) is 17.1. The van der Waals surface area contributed by atoms with Gasteiger partial charge in [-0.1, -0.05) is 84.3 Å². The molecule has 2 aromatic carbocycles. The van der Waals surface area contributed by atoms with Crippen LogP contribution in [0.15, 0.2) is 48.5 Å². The lowest BCUT2D eigenvalue weighted by Crippen LogP contribution is -2.08. The molecular weight excluding hydrogens is 436 g/mol. The molecule has 2 rings (SSSR count). The first-order valence-corrected chi connectivity index (χ1v) is 13.7. The summed E-state index contributed by atoms with van der Waals surface area (Å²) in [6, 6.07) is 14.9. The third kappa shape index (κ3) is 12.8. The molecule has 0 aromatic heterocycles. The van der Waals surface area contributed by atoms with E-state index in [9.17, 15) is 4.79 Å². The Hall–Kier alpha value is -2.33. The predicted molar refractivity (Wildman–Crippen MR) is 145 cm³/mol. The van der Waals surface area contributed by atoms with E-state index in [1.54, 1.807) is 12.1 Å². The number of esters is 1. The highest BCUT2D eigenvalue weighted by molar-refractivity contribution is 5.91. The molecule has 0 radical (unpaired) electrons. The molecule has 0 aliphatic heterocycles. The van der Waals surface area contributed by atoms with Gasteiger partial charge in [0.05, 0.1) is 12.2 Å². The minimum atomic E-state index is -0.356.